The van der Waals surface area contributed by atoms with E-state index in [2.05, 4.69) is 43.1 Å². The number of carbonyl (C=O) groups is 1. The van der Waals surface area contributed by atoms with E-state index in [1.165, 1.54) is 0 Å². The van der Waals surface area contributed by atoms with E-state index < -0.39 is 0 Å². The summed E-state index contributed by atoms with van der Waals surface area (Å²) in [6, 6.07) is 1.72. The zero-order valence-electron chi connectivity index (χ0n) is 14.2. The molecule has 1 heterocycles. The number of aryl methyl sites for hydroxylation is 1. The SMILES string of the molecule is CCCN(CC)C(C)(C)C(C)NC(=O)c1cc(CC)on1. The summed E-state index contributed by atoms with van der Waals surface area (Å²) in [6.07, 6.45) is 1.84. The largest absolute Gasteiger partial charge is 0.361 e. The maximum Gasteiger partial charge on any atom is 0.273 e. The first-order chi connectivity index (χ1) is 9.86. The van der Waals surface area contributed by atoms with Crippen molar-refractivity contribution in [3.05, 3.63) is 17.5 Å². The van der Waals surface area contributed by atoms with E-state index >= 15 is 0 Å². The molecule has 1 rings (SSSR count). The number of nitrogens with zero attached hydrogens (tertiary/aromatic N) is 2. The third-order valence-electron chi connectivity index (χ3n) is 4.24. The van der Waals surface area contributed by atoms with Crippen molar-refractivity contribution < 1.29 is 9.32 Å². The third-order valence-corrected chi connectivity index (χ3v) is 4.24. The van der Waals surface area contributed by atoms with Crippen molar-refractivity contribution in [2.75, 3.05) is 13.1 Å². The van der Waals surface area contributed by atoms with Crippen molar-refractivity contribution in [1.29, 1.82) is 0 Å². The molecule has 0 aliphatic carbocycles. The molecule has 1 aromatic rings. The van der Waals surface area contributed by atoms with Gasteiger partial charge >= 0.3 is 0 Å². The summed E-state index contributed by atoms with van der Waals surface area (Å²) >= 11 is 0. The predicted octanol–water partition coefficient (Wildman–Crippen LogP) is 2.87. The van der Waals surface area contributed by atoms with Crippen molar-refractivity contribution in [2.24, 2.45) is 0 Å². The Labute approximate surface area is 128 Å². The number of hydrogen-bond donors (Lipinski definition) is 1. The molecular formula is C16H29N3O2. The predicted molar refractivity (Wildman–Crippen MR) is 84.4 cm³/mol. The van der Waals surface area contributed by atoms with Crippen LogP contribution in [-0.4, -0.2) is 40.6 Å². The fourth-order valence-electron chi connectivity index (χ4n) is 2.43. The molecule has 1 amide bonds. The van der Waals surface area contributed by atoms with Crippen LogP contribution in [0.15, 0.2) is 10.6 Å². The molecule has 1 aromatic heterocycles. The maximum atomic E-state index is 12.2. The van der Waals surface area contributed by atoms with E-state index in [-0.39, 0.29) is 17.5 Å². The molecule has 120 valence electrons. The van der Waals surface area contributed by atoms with Crippen LogP contribution in [0.4, 0.5) is 0 Å². The van der Waals surface area contributed by atoms with Crippen LogP contribution < -0.4 is 5.32 Å². The average molecular weight is 295 g/mol. The lowest BCUT2D eigenvalue weighted by molar-refractivity contribution is 0.0733. The first-order valence-electron chi connectivity index (χ1n) is 7.88. The highest BCUT2D eigenvalue weighted by Crippen LogP contribution is 2.19. The second kappa shape index (κ2) is 7.59. The van der Waals surface area contributed by atoms with Crippen molar-refractivity contribution >= 4 is 5.91 Å². The fourth-order valence-corrected chi connectivity index (χ4v) is 2.43. The zero-order chi connectivity index (χ0) is 16.0. The van der Waals surface area contributed by atoms with Crippen molar-refractivity contribution in [1.82, 2.24) is 15.4 Å². The van der Waals surface area contributed by atoms with Gasteiger partial charge in [-0.15, -0.1) is 0 Å². The Bertz CT molecular complexity index is 454. The Hall–Kier alpha value is -1.36. The van der Waals surface area contributed by atoms with Crippen molar-refractivity contribution in [3.8, 4) is 0 Å². The Morgan fingerprint density at radius 1 is 1.43 bits per heavy atom. The lowest BCUT2D eigenvalue weighted by atomic mass is 9.93. The van der Waals surface area contributed by atoms with Crippen LogP contribution in [0.2, 0.25) is 0 Å². The minimum atomic E-state index is -0.174. The normalized spacial score (nSPS) is 13.5. The molecule has 0 aliphatic rings. The van der Waals surface area contributed by atoms with Gasteiger partial charge in [0, 0.05) is 24.1 Å². The van der Waals surface area contributed by atoms with Crippen LogP contribution >= 0.6 is 0 Å². The summed E-state index contributed by atoms with van der Waals surface area (Å²) in [5.74, 6) is 0.555. The molecule has 21 heavy (non-hydrogen) atoms. The van der Waals surface area contributed by atoms with E-state index in [0.717, 1.165) is 31.7 Å². The smallest absolute Gasteiger partial charge is 0.273 e. The van der Waals surface area contributed by atoms with Gasteiger partial charge in [0.05, 0.1) is 0 Å². The molecule has 0 radical (unpaired) electrons. The molecule has 0 saturated carbocycles. The van der Waals surface area contributed by atoms with Gasteiger partial charge in [0.1, 0.15) is 5.76 Å². The zero-order valence-corrected chi connectivity index (χ0v) is 14.2. The van der Waals surface area contributed by atoms with Gasteiger partial charge in [0.2, 0.25) is 0 Å². The standard InChI is InChI=1S/C16H29N3O2/c1-7-10-19(9-3)16(5,6)12(4)17-15(20)14-11-13(8-2)21-18-14/h11-12H,7-10H2,1-6H3,(H,17,20). The van der Waals surface area contributed by atoms with E-state index in [9.17, 15) is 4.79 Å². The minimum Gasteiger partial charge on any atom is -0.361 e. The molecule has 1 unspecified atom stereocenters. The summed E-state index contributed by atoms with van der Waals surface area (Å²) in [7, 11) is 0. The number of aromatic nitrogens is 1. The molecule has 0 spiro atoms. The van der Waals surface area contributed by atoms with Crippen LogP contribution in [0.5, 0.6) is 0 Å². The topological polar surface area (TPSA) is 58.4 Å². The molecule has 0 fully saturated rings. The van der Waals surface area contributed by atoms with Crippen LogP contribution in [0, 0.1) is 0 Å². The molecule has 0 aliphatic heterocycles. The van der Waals surface area contributed by atoms with Crippen LogP contribution in [0.25, 0.3) is 0 Å². The summed E-state index contributed by atoms with van der Waals surface area (Å²) < 4.78 is 5.09. The number of rotatable bonds is 8. The van der Waals surface area contributed by atoms with Gasteiger partial charge in [-0.1, -0.05) is 25.9 Å². The highest BCUT2D eigenvalue weighted by atomic mass is 16.5. The van der Waals surface area contributed by atoms with E-state index in [4.69, 9.17) is 4.52 Å². The highest BCUT2D eigenvalue weighted by molar-refractivity contribution is 5.92. The van der Waals surface area contributed by atoms with Crippen LogP contribution in [0.3, 0.4) is 0 Å². The molecule has 1 atom stereocenters. The van der Waals surface area contributed by atoms with Gasteiger partial charge in [0.25, 0.3) is 5.91 Å². The summed E-state index contributed by atoms with van der Waals surface area (Å²) in [4.78, 5) is 14.6. The first-order valence-corrected chi connectivity index (χ1v) is 7.88. The Kier molecular flexibility index (Phi) is 6.40. The number of carbonyl (C=O) groups excluding carboxylic acids is 1. The second-order valence-electron chi connectivity index (χ2n) is 5.96. The number of likely N-dealkylation sites (N-methyl/N-ethyl adjacent to an activating group) is 1. The summed E-state index contributed by atoms with van der Waals surface area (Å²) in [6.45, 7) is 14.6. The number of hydrogen-bond acceptors (Lipinski definition) is 4. The molecule has 1 N–H and O–H groups in total. The highest BCUT2D eigenvalue weighted by Gasteiger charge is 2.32. The molecule has 5 heteroatoms. The summed E-state index contributed by atoms with van der Waals surface area (Å²) in [5, 5.41) is 6.87. The minimum absolute atomic E-state index is 0.0123. The van der Waals surface area contributed by atoms with Gasteiger partial charge in [-0.05, 0) is 40.3 Å². The first kappa shape index (κ1) is 17.7. The average Bonchev–Trinajstić information content (AvgIpc) is 2.93. The van der Waals surface area contributed by atoms with E-state index in [1.54, 1.807) is 6.07 Å². The third kappa shape index (κ3) is 4.30. The number of amides is 1. The maximum absolute atomic E-state index is 12.2. The molecular weight excluding hydrogens is 266 g/mol. The fraction of sp³-hybridized carbons (Fsp3) is 0.750. The second-order valence-corrected chi connectivity index (χ2v) is 5.96. The van der Waals surface area contributed by atoms with Crippen LogP contribution in [-0.2, 0) is 6.42 Å². The summed E-state index contributed by atoms with van der Waals surface area (Å²) in [5.41, 5.74) is 0.241. The monoisotopic (exact) mass is 295 g/mol. The van der Waals surface area contributed by atoms with Gasteiger partial charge in [-0.2, -0.15) is 0 Å². The van der Waals surface area contributed by atoms with Crippen molar-refractivity contribution in [3.63, 3.8) is 0 Å². The van der Waals surface area contributed by atoms with E-state index in [0.29, 0.717) is 5.69 Å². The van der Waals surface area contributed by atoms with Gasteiger partial charge in [-0.3, -0.25) is 9.69 Å². The van der Waals surface area contributed by atoms with Gasteiger partial charge in [-0.25, -0.2) is 0 Å². The Morgan fingerprint density at radius 3 is 2.57 bits per heavy atom. The van der Waals surface area contributed by atoms with Crippen LogP contribution in [0.1, 0.15) is 64.2 Å². The van der Waals surface area contributed by atoms with E-state index in [1.807, 2.05) is 13.8 Å². The Balaban J connectivity index is 2.73. The molecule has 5 nitrogen and oxygen atoms in total. The van der Waals surface area contributed by atoms with Gasteiger partial charge < -0.3 is 9.84 Å². The van der Waals surface area contributed by atoms with Gasteiger partial charge in [0.15, 0.2) is 5.69 Å². The van der Waals surface area contributed by atoms with Crippen molar-refractivity contribution in [2.45, 2.75) is 66.0 Å². The molecule has 0 saturated heterocycles. The molecule has 0 aromatic carbocycles. The Morgan fingerprint density at radius 2 is 2.10 bits per heavy atom. The number of nitrogens with one attached hydrogen (secondary N) is 1. The quantitative estimate of drug-likeness (QED) is 0.801. The lowest BCUT2D eigenvalue weighted by Crippen LogP contribution is -2.57. The molecule has 0 bridgehead atoms. The lowest BCUT2D eigenvalue weighted by Gasteiger charge is -2.42.